The number of rotatable bonds is 7. The SMILES string of the molecule is CCOc1cc(C(c2c(C)[nH][nH]c2=O)c2c(C)[nH][nH]c2=O)ccc1OCC#N. The van der Waals surface area contributed by atoms with Gasteiger partial charge in [-0.2, -0.15) is 5.26 Å². The number of ether oxygens (including phenoxy) is 2. The lowest BCUT2D eigenvalue weighted by atomic mass is 9.85. The van der Waals surface area contributed by atoms with Crippen molar-refractivity contribution in [3.05, 3.63) is 67.0 Å². The predicted molar refractivity (Wildman–Crippen MR) is 102 cm³/mol. The van der Waals surface area contributed by atoms with E-state index >= 15 is 0 Å². The van der Waals surface area contributed by atoms with E-state index in [2.05, 4.69) is 20.4 Å². The van der Waals surface area contributed by atoms with Gasteiger partial charge in [0, 0.05) is 17.3 Å². The quantitative estimate of drug-likeness (QED) is 0.493. The molecule has 1 aromatic carbocycles. The van der Waals surface area contributed by atoms with Gasteiger partial charge in [-0.25, -0.2) is 0 Å². The number of nitrogens with zero attached hydrogens (tertiary/aromatic N) is 1. The molecule has 0 spiro atoms. The lowest BCUT2D eigenvalue weighted by molar-refractivity contribution is 0.298. The third kappa shape index (κ3) is 3.44. The summed E-state index contributed by atoms with van der Waals surface area (Å²) in [7, 11) is 0. The summed E-state index contributed by atoms with van der Waals surface area (Å²) in [5.41, 5.74) is 2.25. The van der Waals surface area contributed by atoms with Gasteiger partial charge in [-0.15, -0.1) is 0 Å². The maximum absolute atomic E-state index is 12.5. The lowest BCUT2D eigenvalue weighted by Crippen LogP contribution is -2.20. The molecule has 0 aliphatic rings. The molecule has 2 aromatic heterocycles. The first-order valence-electron chi connectivity index (χ1n) is 8.78. The Kier molecular flexibility index (Phi) is 5.40. The fraction of sp³-hybridized carbons (Fsp3) is 0.316. The first kappa shape index (κ1) is 19.1. The van der Waals surface area contributed by atoms with Gasteiger partial charge in [-0.3, -0.25) is 19.8 Å². The van der Waals surface area contributed by atoms with E-state index in [1.165, 1.54) is 0 Å². The van der Waals surface area contributed by atoms with Crippen molar-refractivity contribution in [1.29, 1.82) is 5.26 Å². The molecule has 0 aliphatic carbocycles. The van der Waals surface area contributed by atoms with Gasteiger partial charge in [0.1, 0.15) is 6.07 Å². The summed E-state index contributed by atoms with van der Waals surface area (Å²) in [6, 6.07) is 7.09. The average Bonchev–Trinajstić information content (AvgIpc) is 3.18. The zero-order chi connectivity index (χ0) is 20.3. The van der Waals surface area contributed by atoms with Crippen molar-refractivity contribution in [2.24, 2.45) is 0 Å². The van der Waals surface area contributed by atoms with E-state index < -0.39 is 5.92 Å². The Labute approximate surface area is 160 Å². The summed E-state index contributed by atoms with van der Waals surface area (Å²) >= 11 is 0. The van der Waals surface area contributed by atoms with Gasteiger partial charge < -0.3 is 19.7 Å². The van der Waals surface area contributed by atoms with Crippen molar-refractivity contribution >= 4 is 0 Å². The van der Waals surface area contributed by atoms with Crippen LogP contribution in [0.2, 0.25) is 0 Å². The van der Waals surface area contributed by atoms with E-state index in [1.807, 2.05) is 13.0 Å². The Hall–Kier alpha value is -3.67. The zero-order valence-electron chi connectivity index (χ0n) is 15.8. The fourth-order valence-electron chi connectivity index (χ4n) is 3.29. The number of aromatic nitrogens is 4. The van der Waals surface area contributed by atoms with Gasteiger partial charge in [-0.1, -0.05) is 6.07 Å². The van der Waals surface area contributed by atoms with Crippen molar-refractivity contribution in [2.75, 3.05) is 13.2 Å². The van der Waals surface area contributed by atoms with Gasteiger partial charge in [0.2, 0.25) is 0 Å². The highest BCUT2D eigenvalue weighted by molar-refractivity contribution is 5.51. The number of aromatic amines is 4. The first-order chi connectivity index (χ1) is 13.5. The van der Waals surface area contributed by atoms with E-state index in [0.717, 1.165) is 0 Å². The molecule has 0 saturated carbocycles. The summed E-state index contributed by atoms with van der Waals surface area (Å²) in [6.45, 7) is 5.65. The van der Waals surface area contributed by atoms with Gasteiger partial charge >= 0.3 is 0 Å². The standard InChI is InChI=1S/C19H21N5O4/c1-4-27-14-9-12(5-6-13(14)28-8-7-20)17(15-10(2)21-23-18(15)25)16-11(3)22-24-19(16)26/h5-6,9,17H,4,8H2,1-3H3,(H2,21,23,25)(H2,22,24,26). The van der Waals surface area contributed by atoms with E-state index in [1.54, 1.807) is 32.0 Å². The fourth-order valence-corrected chi connectivity index (χ4v) is 3.29. The van der Waals surface area contributed by atoms with Crippen LogP contribution in [0, 0.1) is 25.2 Å². The van der Waals surface area contributed by atoms with Gasteiger partial charge in [0.15, 0.2) is 18.1 Å². The van der Waals surface area contributed by atoms with Crippen molar-refractivity contribution in [3.8, 4) is 17.6 Å². The second kappa shape index (κ2) is 7.92. The smallest absolute Gasteiger partial charge is 0.268 e. The normalized spacial score (nSPS) is 10.8. The molecule has 3 rings (SSSR count). The molecule has 9 nitrogen and oxygen atoms in total. The van der Waals surface area contributed by atoms with Crippen LogP contribution in [0.5, 0.6) is 11.5 Å². The van der Waals surface area contributed by atoms with Crippen LogP contribution < -0.4 is 20.6 Å². The zero-order valence-corrected chi connectivity index (χ0v) is 15.8. The lowest BCUT2D eigenvalue weighted by Gasteiger charge is -2.18. The van der Waals surface area contributed by atoms with E-state index in [4.69, 9.17) is 14.7 Å². The van der Waals surface area contributed by atoms with E-state index in [9.17, 15) is 9.59 Å². The molecule has 9 heteroatoms. The minimum absolute atomic E-state index is 0.115. The van der Waals surface area contributed by atoms with Gasteiger partial charge in [0.25, 0.3) is 11.1 Å². The highest BCUT2D eigenvalue weighted by Gasteiger charge is 2.28. The number of hydrogen-bond donors (Lipinski definition) is 4. The molecule has 0 fully saturated rings. The molecule has 0 saturated heterocycles. The number of benzene rings is 1. The Morgan fingerprint density at radius 3 is 2.04 bits per heavy atom. The largest absolute Gasteiger partial charge is 0.490 e. The van der Waals surface area contributed by atoms with Crippen LogP contribution in [-0.2, 0) is 0 Å². The number of nitriles is 1. The van der Waals surface area contributed by atoms with Crippen LogP contribution in [0.3, 0.4) is 0 Å². The summed E-state index contributed by atoms with van der Waals surface area (Å²) in [4.78, 5) is 25.0. The molecule has 4 N–H and O–H groups in total. The Morgan fingerprint density at radius 2 is 1.57 bits per heavy atom. The molecule has 0 bridgehead atoms. The molecule has 28 heavy (non-hydrogen) atoms. The molecule has 0 radical (unpaired) electrons. The van der Waals surface area contributed by atoms with Crippen molar-refractivity contribution < 1.29 is 9.47 Å². The molecule has 0 atom stereocenters. The highest BCUT2D eigenvalue weighted by atomic mass is 16.5. The monoisotopic (exact) mass is 383 g/mol. The highest BCUT2D eigenvalue weighted by Crippen LogP contribution is 2.36. The molecule has 0 amide bonds. The van der Waals surface area contributed by atoms with Crippen molar-refractivity contribution in [3.63, 3.8) is 0 Å². The molecule has 146 valence electrons. The molecule has 3 aromatic rings. The van der Waals surface area contributed by atoms with Gasteiger partial charge in [-0.05, 0) is 38.5 Å². The molecule has 2 heterocycles. The van der Waals surface area contributed by atoms with Crippen LogP contribution in [0.4, 0.5) is 0 Å². The second-order valence-corrected chi connectivity index (χ2v) is 6.25. The third-order valence-corrected chi connectivity index (χ3v) is 4.49. The maximum atomic E-state index is 12.5. The van der Waals surface area contributed by atoms with Crippen LogP contribution in [0.15, 0.2) is 27.8 Å². The maximum Gasteiger partial charge on any atom is 0.268 e. The molecule has 0 aliphatic heterocycles. The minimum Gasteiger partial charge on any atom is -0.490 e. The van der Waals surface area contributed by atoms with E-state index in [0.29, 0.717) is 46.2 Å². The Morgan fingerprint density at radius 1 is 0.964 bits per heavy atom. The predicted octanol–water partition coefficient (Wildman–Crippen LogP) is 1.82. The summed E-state index contributed by atoms with van der Waals surface area (Å²) in [5, 5.41) is 19.5. The van der Waals surface area contributed by atoms with Crippen LogP contribution >= 0.6 is 0 Å². The van der Waals surface area contributed by atoms with Crippen LogP contribution in [0.25, 0.3) is 0 Å². The number of aryl methyl sites for hydroxylation is 2. The molecule has 0 unspecified atom stereocenters. The number of nitrogens with one attached hydrogen (secondary N) is 4. The average molecular weight is 383 g/mol. The number of hydrogen-bond acceptors (Lipinski definition) is 5. The second-order valence-electron chi connectivity index (χ2n) is 6.25. The number of H-pyrrole nitrogens is 4. The summed E-state index contributed by atoms with van der Waals surface area (Å²) in [6.07, 6.45) is 0. The van der Waals surface area contributed by atoms with Crippen molar-refractivity contribution in [2.45, 2.75) is 26.7 Å². The van der Waals surface area contributed by atoms with Crippen molar-refractivity contribution in [1.82, 2.24) is 20.4 Å². The summed E-state index contributed by atoms with van der Waals surface area (Å²) in [5.74, 6) is 0.244. The van der Waals surface area contributed by atoms with E-state index in [-0.39, 0.29) is 17.7 Å². The Balaban J connectivity index is 2.22. The third-order valence-electron chi connectivity index (χ3n) is 4.49. The summed E-state index contributed by atoms with van der Waals surface area (Å²) < 4.78 is 11.1. The topological polar surface area (TPSA) is 140 Å². The van der Waals surface area contributed by atoms with Gasteiger partial charge in [0.05, 0.1) is 17.7 Å². The molecular weight excluding hydrogens is 362 g/mol. The van der Waals surface area contributed by atoms with Crippen LogP contribution in [0.1, 0.15) is 40.9 Å². The first-order valence-corrected chi connectivity index (χ1v) is 8.78. The Bertz CT molecular complexity index is 1070. The molecular formula is C19H21N5O4. The van der Waals surface area contributed by atoms with Crippen LogP contribution in [-0.4, -0.2) is 33.6 Å². The minimum atomic E-state index is -0.616.